The van der Waals surface area contributed by atoms with Crippen LogP contribution in [0.1, 0.15) is 19.4 Å². The molecule has 1 atom stereocenters. The largest absolute Gasteiger partial charge is 0.464 e. The van der Waals surface area contributed by atoms with Gasteiger partial charge in [0.15, 0.2) is 0 Å². The van der Waals surface area contributed by atoms with Crippen LogP contribution >= 0.6 is 0 Å². The number of aryl methyl sites for hydroxylation is 1. The lowest BCUT2D eigenvalue weighted by atomic mass is 10.2. The van der Waals surface area contributed by atoms with Crippen molar-refractivity contribution in [3.05, 3.63) is 29.8 Å². The van der Waals surface area contributed by atoms with Gasteiger partial charge in [-0.3, -0.25) is 4.79 Å². The van der Waals surface area contributed by atoms with Crippen LogP contribution in [-0.4, -0.2) is 39.5 Å². The third kappa shape index (κ3) is 5.45. The van der Waals surface area contributed by atoms with E-state index >= 15 is 0 Å². The van der Waals surface area contributed by atoms with E-state index in [1.165, 1.54) is 19.1 Å². The first-order chi connectivity index (χ1) is 10.3. The lowest BCUT2D eigenvalue weighted by Gasteiger charge is -2.13. The Hall–Kier alpha value is -1.93. The van der Waals surface area contributed by atoms with Gasteiger partial charge < -0.3 is 10.1 Å². The molecule has 1 amide bonds. The highest BCUT2D eigenvalue weighted by Crippen LogP contribution is 2.09. The van der Waals surface area contributed by atoms with Crippen molar-refractivity contribution in [2.24, 2.45) is 0 Å². The maximum atomic E-state index is 12.0. The smallest absolute Gasteiger partial charge is 0.328 e. The molecule has 0 bridgehead atoms. The zero-order valence-corrected chi connectivity index (χ0v) is 13.6. The number of hydrogen-bond acceptors (Lipinski definition) is 5. The number of carbonyl (C=O) groups excluding carboxylic acids is 2. The number of hydrogen-bond donors (Lipinski definition) is 2. The van der Waals surface area contributed by atoms with E-state index in [9.17, 15) is 18.0 Å². The monoisotopic (exact) mass is 328 g/mol. The summed E-state index contributed by atoms with van der Waals surface area (Å²) in [7, 11) is -3.77. The standard InChI is InChI=1S/C14H20N2O5S/c1-4-21-14(18)11(3)16-13(17)9-15-22(19,20)12-7-5-10(2)6-8-12/h5-8,11,15H,4,9H2,1-3H3,(H,16,17). The summed E-state index contributed by atoms with van der Waals surface area (Å²) in [4.78, 5) is 23.1. The molecule has 1 aromatic carbocycles. The predicted octanol–water partition coefficient (Wildman–Crippen LogP) is 0.341. The van der Waals surface area contributed by atoms with Crippen LogP contribution in [0.15, 0.2) is 29.2 Å². The number of rotatable bonds is 7. The predicted molar refractivity (Wildman–Crippen MR) is 80.6 cm³/mol. The molecule has 122 valence electrons. The van der Waals surface area contributed by atoms with Crippen molar-refractivity contribution in [3.8, 4) is 0 Å². The van der Waals surface area contributed by atoms with Gasteiger partial charge in [0.1, 0.15) is 6.04 Å². The molecule has 7 nitrogen and oxygen atoms in total. The molecule has 0 aliphatic heterocycles. The first-order valence-corrected chi connectivity index (χ1v) is 8.27. The summed E-state index contributed by atoms with van der Waals surface area (Å²) < 4.78 is 30.9. The van der Waals surface area contributed by atoms with E-state index in [-0.39, 0.29) is 11.5 Å². The average Bonchev–Trinajstić information content (AvgIpc) is 2.46. The fraction of sp³-hybridized carbons (Fsp3) is 0.429. The Bertz CT molecular complexity index is 625. The van der Waals surface area contributed by atoms with Gasteiger partial charge in [-0.15, -0.1) is 0 Å². The first kappa shape index (κ1) is 18.1. The van der Waals surface area contributed by atoms with E-state index in [1.807, 2.05) is 6.92 Å². The second-order valence-electron chi connectivity index (χ2n) is 4.68. The summed E-state index contributed by atoms with van der Waals surface area (Å²) in [6, 6.07) is 5.40. The summed E-state index contributed by atoms with van der Waals surface area (Å²) in [5.41, 5.74) is 0.931. The van der Waals surface area contributed by atoms with E-state index in [4.69, 9.17) is 4.74 Å². The summed E-state index contributed by atoms with van der Waals surface area (Å²) >= 11 is 0. The molecule has 2 N–H and O–H groups in total. The summed E-state index contributed by atoms with van der Waals surface area (Å²) in [5, 5.41) is 2.36. The number of amides is 1. The second kappa shape index (κ2) is 7.90. The van der Waals surface area contributed by atoms with Gasteiger partial charge in [0, 0.05) is 0 Å². The van der Waals surface area contributed by atoms with E-state index < -0.39 is 34.5 Å². The van der Waals surface area contributed by atoms with Crippen LogP contribution in [0.3, 0.4) is 0 Å². The minimum absolute atomic E-state index is 0.0735. The number of esters is 1. The topological polar surface area (TPSA) is 102 Å². The highest BCUT2D eigenvalue weighted by atomic mass is 32.2. The van der Waals surface area contributed by atoms with Crippen LogP contribution in [0.4, 0.5) is 0 Å². The van der Waals surface area contributed by atoms with E-state index in [1.54, 1.807) is 19.1 Å². The Kier molecular flexibility index (Phi) is 6.51. The van der Waals surface area contributed by atoms with Gasteiger partial charge in [-0.05, 0) is 32.9 Å². The molecule has 1 rings (SSSR count). The van der Waals surface area contributed by atoms with Gasteiger partial charge in [-0.25, -0.2) is 17.9 Å². The summed E-state index contributed by atoms with van der Waals surface area (Å²) in [6.07, 6.45) is 0. The Morgan fingerprint density at radius 3 is 2.36 bits per heavy atom. The van der Waals surface area contributed by atoms with Gasteiger partial charge >= 0.3 is 5.97 Å². The molecular formula is C14H20N2O5S. The third-order valence-corrected chi connectivity index (χ3v) is 4.19. The SMILES string of the molecule is CCOC(=O)C(C)NC(=O)CNS(=O)(=O)c1ccc(C)cc1. The fourth-order valence-corrected chi connectivity index (χ4v) is 2.56. The van der Waals surface area contributed by atoms with Gasteiger partial charge in [0.2, 0.25) is 15.9 Å². The zero-order valence-electron chi connectivity index (χ0n) is 12.8. The van der Waals surface area contributed by atoms with Crippen molar-refractivity contribution in [1.29, 1.82) is 0 Å². The number of ether oxygens (including phenoxy) is 1. The average molecular weight is 328 g/mol. The summed E-state index contributed by atoms with van der Waals surface area (Å²) in [5.74, 6) is -1.19. The molecule has 8 heteroatoms. The lowest BCUT2D eigenvalue weighted by molar-refractivity contribution is -0.146. The molecule has 0 aliphatic rings. The van der Waals surface area contributed by atoms with Crippen LogP contribution in [0.25, 0.3) is 0 Å². The maximum absolute atomic E-state index is 12.0. The highest BCUT2D eigenvalue weighted by Gasteiger charge is 2.19. The normalized spacial score (nSPS) is 12.5. The number of sulfonamides is 1. The molecule has 0 aromatic heterocycles. The molecule has 0 radical (unpaired) electrons. The van der Waals surface area contributed by atoms with E-state index in [0.717, 1.165) is 5.56 Å². The first-order valence-electron chi connectivity index (χ1n) is 6.78. The molecule has 1 unspecified atom stereocenters. The molecule has 0 fully saturated rings. The molecular weight excluding hydrogens is 308 g/mol. The van der Waals surface area contributed by atoms with Crippen LogP contribution in [-0.2, 0) is 24.3 Å². The van der Waals surface area contributed by atoms with Crippen molar-refractivity contribution in [2.75, 3.05) is 13.2 Å². The molecule has 22 heavy (non-hydrogen) atoms. The van der Waals surface area contributed by atoms with Crippen molar-refractivity contribution in [2.45, 2.75) is 31.7 Å². The van der Waals surface area contributed by atoms with Crippen LogP contribution in [0.5, 0.6) is 0 Å². The molecule has 0 saturated carbocycles. The number of benzene rings is 1. The third-order valence-electron chi connectivity index (χ3n) is 2.77. The van der Waals surface area contributed by atoms with Gasteiger partial charge in [-0.2, -0.15) is 0 Å². The molecule has 0 heterocycles. The number of carbonyl (C=O) groups is 2. The molecule has 0 aliphatic carbocycles. The zero-order chi connectivity index (χ0) is 16.8. The quantitative estimate of drug-likeness (QED) is 0.703. The minimum Gasteiger partial charge on any atom is -0.464 e. The van der Waals surface area contributed by atoms with Gasteiger partial charge in [-0.1, -0.05) is 17.7 Å². The molecule has 0 saturated heterocycles. The fourth-order valence-electron chi connectivity index (χ4n) is 1.58. The van der Waals surface area contributed by atoms with Crippen molar-refractivity contribution in [3.63, 3.8) is 0 Å². The van der Waals surface area contributed by atoms with Gasteiger partial charge in [0.05, 0.1) is 18.0 Å². The van der Waals surface area contributed by atoms with Crippen LogP contribution in [0, 0.1) is 6.92 Å². The van der Waals surface area contributed by atoms with E-state index in [0.29, 0.717) is 0 Å². The summed E-state index contributed by atoms with van der Waals surface area (Å²) in [6.45, 7) is 4.71. The number of nitrogens with one attached hydrogen (secondary N) is 2. The second-order valence-corrected chi connectivity index (χ2v) is 6.45. The van der Waals surface area contributed by atoms with Crippen molar-refractivity contribution >= 4 is 21.9 Å². The Morgan fingerprint density at radius 2 is 1.82 bits per heavy atom. The van der Waals surface area contributed by atoms with Crippen LogP contribution in [0.2, 0.25) is 0 Å². The molecule has 0 spiro atoms. The maximum Gasteiger partial charge on any atom is 0.328 e. The van der Waals surface area contributed by atoms with Crippen molar-refractivity contribution < 1.29 is 22.7 Å². The Balaban J connectivity index is 2.56. The van der Waals surface area contributed by atoms with E-state index in [2.05, 4.69) is 10.0 Å². The Morgan fingerprint density at radius 1 is 1.23 bits per heavy atom. The lowest BCUT2D eigenvalue weighted by Crippen LogP contribution is -2.44. The minimum atomic E-state index is -3.77. The van der Waals surface area contributed by atoms with Gasteiger partial charge in [0.25, 0.3) is 0 Å². The molecule has 1 aromatic rings. The van der Waals surface area contributed by atoms with Crippen molar-refractivity contribution in [1.82, 2.24) is 10.0 Å². The highest BCUT2D eigenvalue weighted by molar-refractivity contribution is 7.89. The Labute approximate surface area is 130 Å². The van der Waals surface area contributed by atoms with Crippen LogP contribution < -0.4 is 10.0 Å².